The van der Waals surface area contributed by atoms with Crippen LogP contribution in [-0.2, 0) is 4.79 Å². The maximum atomic E-state index is 10.4. The van der Waals surface area contributed by atoms with Crippen LogP contribution >= 0.6 is 0 Å². The number of carboxylic acids is 1. The van der Waals surface area contributed by atoms with Crippen molar-refractivity contribution >= 4 is 5.97 Å². The first-order valence-electron chi connectivity index (χ1n) is 3.32. The van der Waals surface area contributed by atoms with E-state index in [2.05, 4.69) is 4.98 Å². The number of rotatable bonds is 2. The van der Waals surface area contributed by atoms with Crippen molar-refractivity contribution in [3.8, 4) is 0 Å². The summed E-state index contributed by atoms with van der Waals surface area (Å²) in [5.74, 6) is -1.62. The maximum absolute atomic E-state index is 10.4. The monoisotopic (exact) mass is 173 g/mol. The Bertz CT molecular complexity index is 250. The summed E-state index contributed by atoms with van der Waals surface area (Å²) in [6.45, 7) is 1.59. The fraction of sp³-hybridized carbons (Fsp3) is 0.250. The molecule has 58 valence electrons. The quantitative estimate of drug-likeness (QED) is 0.446. The summed E-state index contributed by atoms with van der Waals surface area (Å²) < 4.78 is 0. The number of aromatic nitrogens is 1. The van der Waals surface area contributed by atoms with Gasteiger partial charge in [-0.15, -0.1) is 0 Å². The van der Waals surface area contributed by atoms with Crippen LogP contribution in [0.15, 0.2) is 24.5 Å². The van der Waals surface area contributed by atoms with Crippen LogP contribution in [0.5, 0.6) is 0 Å². The topological polar surface area (TPSA) is 53.0 Å². The van der Waals surface area contributed by atoms with Crippen LogP contribution < -0.4 is 34.7 Å². The Labute approximate surface area is 93.1 Å². The second kappa shape index (κ2) is 5.30. The minimum absolute atomic E-state index is 0. The van der Waals surface area contributed by atoms with E-state index in [0.29, 0.717) is 0 Å². The molecule has 4 heteroatoms. The van der Waals surface area contributed by atoms with E-state index in [9.17, 15) is 9.90 Å². The van der Waals surface area contributed by atoms with Crippen molar-refractivity contribution in [3.05, 3.63) is 30.1 Å². The van der Waals surface area contributed by atoms with Crippen LogP contribution in [0.3, 0.4) is 0 Å². The third-order valence-electron chi connectivity index (χ3n) is 1.56. The molecular formula is C8H8NNaO2. The molecule has 0 amide bonds. The molecule has 0 saturated carbocycles. The molecule has 0 saturated heterocycles. The molecule has 0 spiro atoms. The van der Waals surface area contributed by atoms with E-state index in [-0.39, 0.29) is 29.6 Å². The molecule has 0 bridgehead atoms. The predicted molar refractivity (Wildman–Crippen MR) is 37.7 cm³/mol. The molecule has 1 aromatic heterocycles. The largest absolute Gasteiger partial charge is 1.00 e. The summed E-state index contributed by atoms with van der Waals surface area (Å²) in [6, 6.07) is 3.33. The van der Waals surface area contributed by atoms with Gasteiger partial charge < -0.3 is 9.90 Å². The second-order valence-corrected chi connectivity index (χ2v) is 2.32. The first kappa shape index (κ1) is 11.6. The number of hydrogen-bond donors (Lipinski definition) is 0. The van der Waals surface area contributed by atoms with E-state index < -0.39 is 11.9 Å². The van der Waals surface area contributed by atoms with Crippen molar-refractivity contribution < 1.29 is 39.5 Å². The molecule has 0 aromatic carbocycles. The van der Waals surface area contributed by atoms with Gasteiger partial charge in [0.05, 0.1) is 0 Å². The molecule has 0 N–H and O–H groups in total. The predicted octanol–water partition coefficient (Wildman–Crippen LogP) is -3.06. The Morgan fingerprint density at radius 1 is 1.50 bits per heavy atom. The van der Waals surface area contributed by atoms with Crippen molar-refractivity contribution in [1.29, 1.82) is 0 Å². The Kier molecular flexibility index (Phi) is 5.13. The van der Waals surface area contributed by atoms with Gasteiger partial charge >= 0.3 is 29.6 Å². The van der Waals surface area contributed by atoms with Gasteiger partial charge in [0.1, 0.15) is 0 Å². The van der Waals surface area contributed by atoms with Gasteiger partial charge in [-0.3, -0.25) is 4.98 Å². The minimum atomic E-state index is -1.06. The van der Waals surface area contributed by atoms with Gasteiger partial charge in [0, 0.05) is 24.3 Å². The minimum Gasteiger partial charge on any atom is -0.550 e. The Morgan fingerprint density at radius 3 is 2.42 bits per heavy atom. The van der Waals surface area contributed by atoms with Gasteiger partial charge in [-0.2, -0.15) is 0 Å². The zero-order valence-corrected chi connectivity index (χ0v) is 9.15. The molecule has 0 aliphatic carbocycles. The van der Waals surface area contributed by atoms with Crippen LogP contribution in [0.4, 0.5) is 0 Å². The molecule has 0 fully saturated rings. The second-order valence-electron chi connectivity index (χ2n) is 2.32. The fourth-order valence-corrected chi connectivity index (χ4v) is 0.788. The molecule has 3 nitrogen and oxygen atoms in total. The molecule has 1 aromatic rings. The zero-order valence-electron chi connectivity index (χ0n) is 7.15. The van der Waals surface area contributed by atoms with Crippen LogP contribution in [0.2, 0.25) is 0 Å². The van der Waals surface area contributed by atoms with E-state index in [1.165, 1.54) is 0 Å². The van der Waals surface area contributed by atoms with Crippen LogP contribution in [0.25, 0.3) is 0 Å². The first-order valence-corrected chi connectivity index (χ1v) is 3.32. The Hall–Kier alpha value is -0.380. The number of carbonyl (C=O) groups excluding carboxylic acids is 1. The van der Waals surface area contributed by atoms with Gasteiger partial charge in [-0.1, -0.05) is 6.92 Å². The van der Waals surface area contributed by atoms with Gasteiger partial charge in [0.2, 0.25) is 0 Å². The van der Waals surface area contributed by atoms with E-state index in [1.807, 2.05) is 0 Å². The number of nitrogens with zero attached hydrogens (tertiary/aromatic N) is 1. The average molecular weight is 173 g/mol. The standard InChI is InChI=1S/C8H9NO2.Na/c1-6(8(10)11)7-2-4-9-5-3-7;/h2-6H,1H3,(H,10,11);/q;+1/p-1. The van der Waals surface area contributed by atoms with Gasteiger partial charge in [-0.25, -0.2) is 0 Å². The summed E-state index contributed by atoms with van der Waals surface area (Å²) in [7, 11) is 0. The summed E-state index contributed by atoms with van der Waals surface area (Å²) in [5, 5.41) is 10.4. The molecule has 1 unspecified atom stereocenters. The summed E-state index contributed by atoms with van der Waals surface area (Å²) in [6.07, 6.45) is 3.13. The van der Waals surface area contributed by atoms with Crippen LogP contribution in [0, 0.1) is 0 Å². The average Bonchev–Trinajstić information content (AvgIpc) is 2.05. The van der Waals surface area contributed by atoms with Gasteiger partial charge in [-0.05, 0) is 17.7 Å². The molecule has 0 radical (unpaired) electrons. The van der Waals surface area contributed by atoms with E-state index in [1.54, 1.807) is 31.5 Å². The fourth-order valence-electron chi connectivity index (χ4n) is 0.788. The van der Waals surface area contributed by atoms with Crippen LogP contribution in [-0.4, -0.2) is 11.0 Å². The smallest absolute Gasteiger partial charge is 0.550 e. The van der Waals surface area contributed by atoms with Crippen LogP contribution in [0.1, 0.15) is 18.4 Å². The molecule has 0 aliphatic rings. The van der Waals surface area contributed by atoms with Crippen molar-refractivity contribution in [2.45, 2.75) is 12.8 Å². The third-order valence-corrected chi connectivity index (χ3v) is 1.56. The molecule has 0 aliphatic heterocycles. The van der Waals surface area contributed by atoms with E-state index in [0.717, 1.165) is 5.56 Å². The van der Waals surface area contributed by atoms with Crippen molar-refractivity contribution in [2.24, 2.45) is 0 Å². The summed E-state index contributed by atoms with van der Waals surface area (Å²) in [5.41, 5.74) is 0.722. The molecule has 1 atom stereocenters. The maximum Gasteiger partial charge on any atom is 1.00 e. The van der Waals surface area contributed by atoms with Crippen molar-refractivity contribution in [1.82, 2.24) is 4.98 Å². The SMILES string of the molecule is CC(C(=O)[O-])c1ccncc1.[Na+]. The van der Waals surface area contributed by atoms with Gasteiger partial charge in [0.15, 0.2) is 0 Å². The summed E-state index contributed by atoms with van der Waals surface area (Å²) >= 11 is 0. The van der Waals surface area contributed by atoms with Gasteiger partial charge in [0.25, 0.3) is 0 Å². The summed E-state index contributed by atoms with van der Waals surface area (Å²) in [4.78, 5) is 14.1. The first-order chi connectivity index (χ1) is 5.22. The van der Waals surface area contributed by atoms with E-state index in [4.69, 9.17) is 0 Å². The number of aliphatic carboxylic acids is 1. The number of hydrogen-bond acceptors (Lipinski definition) is 3. The Balaban J connectivity index is 0.00000121. The molecule has 1 rings (SSSR count). The molecule has 1 heterocycles. The number of pyridine rings is 1. The van der Waals surface area contributed by atoms with E-state index >= 15 is 0 Å². The zero-order chi connectivity index (χ0) is 8.27. The van der Waals surface area contributed by atoms with Crippen molar-refractivity contribution in [3.63, 3.8) is 0 Å². The number of carbonyl (C=O) groups is 1. The molecule has 12 heavy (non-hydrogen) atoms. The normalized spacial score (nSPS) is 11.4. The van der Waals surface area contributed by atoms with Crippen molar-refractivity contribution in [2.75, 3.05) is 0 Å². The number of carboxylic acid groups (broad SMARTS) is 1. The molecular weight excluding hydrogens is 165 g/mol. The Morgan fingerprint density at radius 2 is 2.00 bits per heavy atom. The third kappa shape index (κ3) is 2.93.